The molecule has 0 fully saturated rings. The first-order valence-corrected chi connectivity index (χ1v) is 25.9. The molecule has 14 aromatic carbocycles. The maximum atomic E-state index is 6.66. The molecule has 1 nitrogen and oxygen atoms in total. The Labute approximate surface area is 434 Å². The van der Waals surface area contributed by atoms with Crippen LogP contribution < -0.4 is 0 Å². The average molecular weight is 951 g/mol. The van der Waals surface area contributed by atoms with Crippen LogP contribution in [0.5, 0.6) is 0 Å². The summed E-state index contributed by atoms with van der Waals surface area (Å²) in [6.45, 7) is 0. The lowest BCUT2D eigenvalue weighted by Crippen LogP contribution is -1.92. The van der Waals surface area contributed by atoms with E-state index in [4.69, 9.17) is 4.42 Å². The zero-order valence-electron chi connectivity index (χ0n) is 41.0. The summed E-state index contributed by atoms with van der Waals surface area (Å²) in [5, 5.41) is 14.6. The number of hydrogen-bond donors (Lipinski definition) is 0. The predicted molar refractivity (Wildman–Crippen MR) is 319 cm³/mol. The SMILES string of the molecule is c1ccc(-c2c3ccccc3c(-c3cccc(-c4cccc5cccc(-c6cccc(-c7c8ccccc8c(-c8ccc9oc%10c(-c%11ccccc%11)cccc%10c9c8)c8ccccc78)c6)c45)c3)c3ccccc23)cc1. The van der Waals surface area contributed by atoms with Gasteiger partial charge in [0, 0.05) is 16.3 Å². The molecule has 0 spiro atoms. The van der Waals surface area contributed by atoms with E-state index in [2.05, 4.69) is 279 Å². The molecule has 0 radical (unpaired) electrons. The van der Waals surface area contributed by atoms with Gasteiger partial charge in [-0.05, 0) is 150 Å². The van der Waals surface area contributed by atoms with Crippen molar-refractivity contribution in [3.63, 3.8) is 0 Å². The molecule has 75 heavy (non-hydrogen) atoms. The zero-order valence-corrected chi connectivity index (χ0v) is 41.0. The molecule has 1 heteroatoms. The Bertz CT molecular complexity index is 4630. The molecule has 0 saturated carbocycles. The van der Waals surface area contributed by atoms with Crippen LogP contribution in [-0.4, -0.2) is 0 Å². The largest absolute Gasteiger partial charge is 0.455 e. The highest BCUT2D eigenvalue weighted by molar-refractivity contribution is 6.24. The van der Waals surface area contributed by atoms with E-state index in [1.807, 2.05) is 0 Å². The summed E-state index contributed by atoms with van der Waals surface area (Å²) in [4.78, 5) is 0. The molecule has 15 aromatic rings. The molecule has 0 N–H and O–H groups in total. The fourth-order valence-corrected chi connectivity index (χ4v) is 12.4. The first-order chi connectivity index (χ1) is 37.2. The van der Waals surface area contributed by atoms with E-state index in [9.17, 15) is 0 Å². The van der Waals surface area contributed by atoms with Gasteiger partial charge in [0.2, 0.25) is 0 Å². The zero-order chi connectivity index (χ0) is 49.4. The summed E-state index contributed by atoms with van der Waals surface area (Å²) >= 11 is 0. The van der Waals surface area contributed by atoms with Crippen LogP contribution in [0.25, 0.3) is 154 Å². The van der Waals surface area contributed by atoms with Crippen LogP contribution >= 0.6 is 0 Å². The van der Waals surface area contributed by atoms with E-state index in [1.165, 1.54) is 121 Å². The van der Waals surface area contributed by atoms with Gasteiger partial charge in [0.15, 0.2) is 0 Å². The quantitative estimate of drug-likeness (QED) is 0.145. The van der Waals surface area contributed by atoms with Crippen molar-refractivity contribution in [3.05, 3.63) is 279 Å². The lowest BCUT2D eigenvalue weighted by molar-refractivity contribution is 0.670. The number of para-hydroxylation sites is 1. The van der Waals surface area contributed by atoms with Crippen LogP contribution in [0.4, 0.5) is 0 Å². The molecule has 0 bridgehead atoms. The number of benzene rings is 14. The highest BCUT2D eigenvalue weighted by Crippen LogP contribution is 2.48. The van der Waals surface area contributed by atoms with Crippen LogP contribution in [0.2, 0.25) is 0 Å². The minimum absolute atomic E-state index is 0.888. The standard InChI is InChI=1S/C74H46O/c1-3-20-47(21-4-1)57-40-19-41-66-67-46-54(42-43-68(67)75-74(57)66)73-64-36-13-11-34-62(64)72(63-35-12-14-37-65(63)73)53-29-16-27-51(45-53)56-39-18-25-49-24-17-38-55(69(49)56)50-26-15-28-52(44-50)71-60-32-9-7-30-58(60)70(48-22-5-2-6-23-48)59-31-8-10-33-61(59)71/h1-46H. The van der Waals surface area contributed by atoms with E-state index in [0.29, 0.717) is 0 Å². The van der Waals surface area contributed by atoms with Gasteiger partial charge in [-0.25, -0.2) is 0 Å². The van der Waals surface area contributed by atoms with E-state index in [1.54, 1.807) is 0 Å². The van der Waals surface area contributed by atoms with Gasteiger partial charge in [-0.15, -0.1) is 0 Å². The third kappa shape index (κ3) is 6.93. The summed E-state index contributed by atoms with van der Waals surface area (Å²) < 4.78 is 6.66. The van der Waals surface area contributed by atoms with Crippen molar-refractivity contribution in [1.29, 1.82) is 0 Å². The predicted octanol–water partition coefficient (Wildman–Crippen LogP) is 21.0. The van der Waals surface area contributed by atoms with Crippen LogP contribution in [-0.2, 0) is 0 Å². The minimum Gasteiger partial charge on any atom is -0.455 e. The Kier molecular flexibility index (Phi) is 9.96. The highest BCUT2D eigenvalue weighted by Gasteiger charge is 2.21. The fraction of sp³-hybridized carbons (Fsp3) is 0. The van der Waals surface area contributed by atoms with Crippen LogP contribution in [0.3, 0.4) is 0 Å². The smallest absolute Gasteiger partial charge is 0.143 e. The van der Waals surface area contributed by atoms with Crippen molar-refractivity contribution < 1.29 is 4.42 Å². The fourth-order valence-electron chi connectivity index (χ4n) is 12.4. The molecule has 348 valence electrons. The maximum Gasteiger partial charge on any atom is 0.143 e. The molecule has 0 unspecified atom stereocenters. The Morgan fingerprint density at radius 2 is 0.547 bits per heavy atom. The van der Waals surface area contributed by atoms with Gasteiger partial charge in [-0.1, -0.05) is 255 Å². The van der Waals surface area contributed by atoms with Crippen molar-refractivity contribution in [2.75, 3.05) is 0 Å². The third-order valence-electron chi connectivity index (χ3n) is 15.6. The molecular formula is C74H46O. The monoisotopic (exact) mass is 950 g/mol. The topological polar surface area (TPSA) is 13.1 Å². The van der Waals surface area contributed by atoms with Gasteiger partial charge in [-0.2, -0.15) is 0 Å². The third-order valence-corrected chi connectivity index (χ3v) is 15.6. The molecule has 15 rings (SSSR count). The van der Waals surface area contributed by atoms with Crippen molar-refractivity contribution >= 4 is 75.8 Å². The molecule has 0 atom stereocenters. The molecular weight excluding hydrogens is 905 g/mol. The lowest BCUT2D eigenvalue weighted by atomic mass is 9.84. The van der Waals surface area contributed by atoms with Gasteiger partial charge in [0.1, 0.15) is 11.2 Å². The van der Waals surface area contributed by atoms with E-state index in [0.717, 1.165) is 33.1 Å². The molecule has 1 heterocycles. The van der Waals surface area contributed by atoms with Crippen molar-refractivity contribution in [3.8, 4) is 77.9 Å². The second kappa shape index (κ2) is 17.4. The van der Waals surface area contributed by atoms with Crippen molar-refractivity contribution in [2.45, 2.75) is 0 Å². The van der Waals surface area contributed by atoms with Crippen LogP contribution in [0.1, 0.15) is 0 Å². The number of rotatable bonds is 7. The first-order valence-electron chi connectivity index (χ1n) is 25.9. The number of fused-ring (bicyclic) bond motifs is 8. The first kappa shape index (κ1) is 42.8. The van der Waals surface area contributed by atoms with Crippen molar-refractivity contribution in [1.82, 2.24) is 0 Å². The minimum atomic E-state index is 0.888. The second-order valence-corrected chi connectivity index (χ2v) is 19.8. The maximum absolute atomic E-state index is 6.66. The Morgan fingerprint density at radius 3 is 1.03 bits per heavy atom. The summed E-state index contributed by atoms with van der Waals surface area (Å²) in [5.41, 5.74) is 18.6. The lowest BCUT2D eigenvalue weighted by Gasteiger charge is -2.19. The summed E-state index contributed by atoms with van der Waals surface area (Å²) in [6, 6.07) is 102. The van der Waals surface area contributed by atoms with E-state index >= 15 is 0 Å². The molecule has 0 amide bonds. The molecule has 0 saturated heterocycles. The molecule has 0 aliphatic rings. The average Bonchev–Trinajstić information content (AvgIpc) is 3.89. The molecule has 1 aromatic heterocycles. The Hall–Kier alpha value is -9.82. The van der Waals surface area contributed by atoms with Crippen LogP contribution in [0.15, 0.2) is 283 Å². The van der Waals surface area contributed by atoms with Gasteiger partial charge in [0.05, 0.1) is 0 Å². The van der Waals surface area contributed by atoms with E-state index in [-0.39, 0.29) is 0 Å². The van der Waals surface area contributed by atoms with Gasteiger partial charge in [-0.3, -0.25) is 0 Å². The second-order valence-electron chi connectivity index (χ2n) is 19.8. The van der Waals surface area contributed by atoms with Gasteiger partial charge >= 0.3 is 0 Å². The number of hydrogen-bond acceptors (Lipinski definition) is 1. The normalized spacial score (nSPS) is 11.7. The summed E-state index contributed by atoms with van der Waals surface area (Å²) in [7, 11) is 0. The van der Waals surface area contributed by atoms with Crippen LogP contribution in [0, 0.1) is 0 Å². The van der Waals surface area contributed by atoms with Gasteiger partial charge in [0.25, 0.3) is 0 Å². The Balaban J connectivity index is 0.878. The summed E-state index contributed by atoms with van der Waals surface area (Å²) in [6.07, 6.45) is 0. The highest BCUT2D eigenvalue weighted by atomic mass is 16.3. The molecule has 0 aliphatic heterocycles. The number of furan rings is 1. The van der Waals surface area contributed by atoms with E-state index < -0.39 is 0 Å². The van der Waals surface area contributed by atoms with Gasteiger partial charge < -0.3 is 4.42 Å². The van der Waals surface area contributed by atoms with Crippen molar-refractivity contribution in [2.24, 2.45) is 0 Å². The Morgan fingerprint density at radius 1 is 0.200 bits per heavy atom. The molecule has 0 aliphatic carbocycles. The summed E-state index contributed by atoms with van der Waals surface area (Å²) in [5.74, 6) is 0.